The van der Waals surface area contributed by atoms with Crippen LogP contribution in [0.15, 0.2) is 29.6 Å². The second kappa shape index (κ2) is 4.51. The first kappa shape index (κ1) is 10.9. The van der Waals surface area contributed by atoms with Crippen LogP contribution in [0.25, 0.3) is 0 Å². The fraction of sp³-hybridized carbons (Fsp3) is 0. The Morgan fingerprint density at radius 2 is 2.25 bits per heavy atom. The molecular formula is C10H8ClN3OS. The van der Waals surface area contributed by atoms with E-state index < -0.39 is 0 Å². The Kier molecular flexibility index (Phi) is 3.07. The molecule has 0 aliphatic rings. The van der Waals surface area contributed by atoms with Gasteiger partial charge in [-0.2, -0.15) is 0 Å². The van der Waals surface area contributed by atoms with Crippen LogP contribution in [0.5, 0.6) is 0 Å². The Morgan fingerprint density at radius 3 is 2.88 bits per heavy atom. The van der Waals surface area contributed by atoms with Gasteiger partial charge in [-0.1, -0.05) is 17.7 Å². The molecule has 2 aromatic rings. The second-order valence-corrected chi connectivity index (χ2v) is 4.33. The van der Waals surface area contributed by atoms with Crippen molar-refractivity contribution in [3.8, 4) is 0 Å². The van der Waals surface area contributed by atoms with Crippen molar-refractivity contribution in [2.75, 3.05) is 11.1 Å². The highest BCUT2D eigenvalue weighted by Gasteiger charge is 2.09. The first-order chi connectivity index (χ1) is 7.66. The second-order valence-electron chi connectivity index (χ2n) is 3.00. The number of pyridine rings is 1. The summed E-state index contributed by atoms with van der Waals surface area (Å²) in [4.78, 5) is 16.2. The van der Waals surface area contributed by atoms with E-state index in [2.05, 4.69) is 10.3 Å². The standard InChI is InChI=1S/C10H8ClN3OS/c11-8-4-3-6(9(12)14-8)13-10(15)7-2-1-5-16-7/h1-5H,(H2,12,14)(H,13,15). The third kappa shape index (κ3) is 2.32. The monoisotopic (exact) mass is 253 g/mol. The summed E-state index contributed by atoms with van der Waals surface area (Å²) in [7, 11) is 0. The smallest absolute Gasteiger partial charge is 0.265 e. The predicted molar refractivity (Wildman–Crippen MR) is 65.9 cm³/mol. The highest BCUT2D eigenvalue weighted by molar-refractivity contribution is 7.12. The van der Waals surface area contributed by atoms with Crippen LogP contribution in [0, 0.1) is 0 Å². The van der Waals surface area contributed by atoms with Gasteiger partial charge in [0.05, 0.1) is 10.6 Å². The minimum atomic E-state index is -0.203. The van der Waals surface area contributed by atoms with Gasteiger partial charge in [0.2, 0.25) is 0 Å². The summed E-state index contributed by atoms with van der Waals surface area (Å²) in [6.07, 6.45) is 0. The number of nitrogens with one attached hydrogen (secondary N) is 1. The van der Waals surface area contributed by atoms with E-state index in [0.29, 0.717) is 15.7 Å². The number of nitrogen functional groups attached to an aromatic ring is 1. The highest BCUT2D eigenvalue weighted by atomic mass is 35.5. The molecule has 0 fully saturated rings. The minimum absolute atomic E-state index is 0.203. The molecule has 3 N–H and O–H groups in total. The van der Waals surface area contributed by atoms with Gasteiger partial charge in [0.25, 0.3) is 5.91 Å². The largest absolute Gasteiger partial charge is 0.382 e. The summed E-state index contributed by atoms with van der Waals surface area (Å²) in [6.45, 7) is 0. The molecule has 0 unspecified atom stereocenters. The van der Waals surface area contributed by atoms with Gasteiger partial charge in [0.1, 0.15) is 11.0 Å². The first-order valence-electron chi connectivity index (χ1n) is 4.43. The van der Waals surface area contributed by atoms with Crippen molar-refractivity contribution in [3.63, 3.8) is 0 Å². The van der Waals surface area contributed by atoms with Crippen molar-refractivity contribution >= 4 is 40.4 Å². The molecule has 0 aromatic carbocycles. The molecule has 2 heterocycles. The molecule has 82 valence electrons. The average Bonchev–Trinajstić information content (AvgIpc) is 2.75. The Bertz CT molecular complexity index is 513. The van der Waals surface area contributed by atoms with Crippen LogP contribution in [0.4, 0.5) is 11.5 Å². The fourth-order valence-corrected chi connectivity index (χ4v) is 1.92. The lowest BCUT2D eigenvalue weighted by atomic mass is 10.3. The van der Waals surface area contributed by atoms with Crippen LogP contribution in [0.2, 0.25) is 5.15 Å². The molecule has 1 amide bonds. The maximum Gasteiger partial charge on any atom is 0.265 e. The summed E-state index contributed by atoms with van der Waals surface area (Å²) in [5.41, 5.74) is 6.08. The van der Waals surface area contributed by atoms with Crippen LogP contribution in [-0.4, -0.2) is 10.9 Å². The first-order valence-corrected chi connectivity index (χ1v) is 5.69. The summed E-state index contributed by atoms with van der Waals surface area (Å²) < 4.78 is 0. The summed E-state index contributed by atoms with van der Waals surface area (Å²) in [5, 5.41) is 4.79. The maximum absolute atomic E-state index is 11.7. The topological polar surface area (TPSA) is 68.0 Å². The van der Waals surface area contributed by atoms with Crippen molar-refractivity contribution in [2.24, 2.45) is 0 Å². The van der Waals surface area contributed by atoms with Gasteiger partial charge in [0, 0.05) is 0 Å². The summed E-state index contributed by atoms with van der Waals surface area (Å²) in [6, 6.07) is 6.74. The van der Waals surface area contributed by atoms with E-state index in [1.807, 2.05) is 11.4 Å². The number of amides is 1. The zero-order chi connectivity index (χ0) is 11.5. The van der Waals surface area contributed by atoms with E-state index in [-0.39, 0.29) is 11.7 Å². The molecule has 0 atom stereocenters. The molecule has 2 rings (SSSR count). The number of halogens is 1. The molecule has 4 nitrogen and oxygen atoms in total. The molecule has 0 saturated heterocycles. The molecule has 0 aliphatic heterocycles. The molecule has 0 spiro atoms. The van der Waals surface area contributed by atoms with E-state index in [0.717, 1.165) is 0 Å². The predicted octanol–water partition coefficient (Wildman–Crippen LogP) is 2.63. The zero-order valence-electron chi connectivity index (χ0n) is 8.11. The molecule has 0 bridgehead atoms. The van der Waals surface area contributed by atoms with Gasteiger partial charge < -0.3 is 11.1 Å². The summed E-state index contributed by atoms with van der Waals surface area (Å²) >= 11 is 7.01. The molecule has 2 aromatic heterocycles. The Hall–Kier alpha value is -1.59. The van der Waals surface area contributed by atoms with Crippen molar-refractivity contribution in [3.05, 3.63) is 39.7 Å². The van der Waals surface area contributed by atoms with Crippen LogP contribution in [0.1, 0.15) is 9.67 Å². The lowest BCUT2D eigenvalue weighted by molar-refractivity contribution is 0.103. The van der Waals surface area contributed by atoms with Crippen LogP contribution in [0.3, 0.4) is 0 Å². The third-order valence-corrected chi connectivity index (χ3v) is 2.96. The lowest BCUT2D eigenvalue weighted by Gasteiger charge is -2.05. The van der Waals surface area contributed by atoms with E-state index in [9.17, 15) is 4.79 Å². The Morgan fingerprint density at radius 1 is 1.44 bits per heavy atom. The van der Waals surface area contributed by atoms with Crippen molar-refractivity contribution in [2.45, 2.75) is 0 Å². The van der Waals surface area contributed by atoms with Crippen molar-refractivity contribution in [1.82, 2.24) is 4.98 Å². The summed E-state index contributed by atoms with van der Waals surface area (Å²) in [5.74, 6) is 0.00299. The Balaban J connectivity index is 2.18. The van der Waals surface area contributed by atoms with Crippen molar-refractivity contribution in [1.29, 1.82) is 0 Å². The molecule has 0 radical (unpaired) electrons. The van der Waals surface area contributed by atoms with Crippen LogP contribution >= 0.6 is 22.9 Å². The number of carbonyl (C=O) groups excluding carboxylic acids is 1. The van der Waals surface area contributed by atoms with Gasteiger partial charge >= 0.3 is 0 Å². The number of thiophene rings is 1. The van der Waals surface area contributed by atoms with Gasteiger partial charge in [-0.25, -0.2) is 4.98 Å². The van der Waals surface area contributed by atoms with Crippen LogP contribution < -0.4 is 11.1 Å². The van der Waals surface area contributed by atoms with Crippen LogP contribution in [-0.2, 0) is 0 Å². The van der Waals surface area contributed by atoms with E-state index in [4.69, 9.17) is 17.3 Å². The number of aromatic nitrogens is 1. The molecule has 0 aliphatic carbocycles. The van der Waals surface area contributed by atoms with Gasteiger partial charge in [-0.05, 0) is 23.6 Å². The number of anilines is 2. The van der Waals surface area contributed by atoms with Crippen molar-refractivity contribution < 1.29 is 4.79 Å². The number of nitrogens with zero attached hydrogens (tertiary/aromatic N) is 1. The van der Waals surface area contributed by atoms with Gasteiger partial charge in [-0.15, -0.1) is 11.3 Å². The number of hydrogen-bond acceptors (Lipinski definition) is 4. The Labute approximate surface area is 101 Å². The lowest BCUT2D eigenvalue weighted by Crippen LogP contribution is -2.12. The molecular weight excluding hydrogens is 246 g/mol. The third-order valence-electron chi connectivity index (χ3n) is 1.88. The quantitative estimate of drug-likeness (QED) is 0.809. The average molecular weight is 254 g/mol. The van der Waals surface area contributed by atoms with E-state index >= 15 is 0 Å². The van der Waals surface area contributed by atoms with E-state index in [1.54, 1.807) is 18.2 Å². The highest BCUT2D eigenvalue weighted by Crippen LogP contribution is 2.20. The SMILES string of the molecule is Nc1nc(Cl)ccc1NC(=O)c1cccs1. The fourth-order valence-electron chi connectivity index (χ4n) is 1.15. The van der Waals surface area contributed by atoms with Gasteiger partial charge in [-0.3, -0.25) is 4.79 Å². The molecule has 16 heavy (non-hydrogen) atoms. The minimum Gasteiger partial charge on any atom is -0.382 e. The van der Waals surface area contributed by atoms with Gasteiger partial charge in [0.15, 0.2) is 0 Å². The number of hydrogen-bond donors (Lipinski definition) is 2. The number of nitrogens with two attached hydrogens (primary N) is 1. The zero-order valence-corrected chi connectivity index (χ0v) is 9.68. The molecule has 0 saturated carbocycles. The number of carbonyl (C=O) groups is 1. The van der Waals surface area contributed by atoms with E-state index in [1.165, 1.54) is 11.3 Å². The molecule has 6 heteroatoms. The maximum atomic E-state index is 11.7. The number of rotatable bonds is 2. The normalized spacial score (nSPS) is 10.1.